The molecule has 0 spiro atoms. The normalized spacial score (nSPS) is 28.9. The Balaban J connectivity index is 2.28. The maximum atomic E-state index is 12.1. The Morgan fingerprint density at radius 3 is 2.46 bits per heavy atom. The van der Waals surface area contributed by atoms with Crippen LogP contribution in [0.4, 0.5) is 12.9 Å². The number of halogens is 3. The minimum Gasteiger partial charge on any atom is -0.449 e. The van der Waals surface area contributed by atoms with Gasteiger partial charge in [-0.25, -0.2) is 0 Å². The lowest BCUT2D eigenvalue weighted by atomic mass is 9.82. The number of allylic oxidation sites excluding steroid dienone is 4. The molecule has 2 atom stereocenters. The van der Waals surface area contributed by atoms with E-state index in [0.717, 1.165) is 6.42 Å². The Morgan fingerprint density at radius 1 is 1.31 bits per heavy atom. The van der Waals surface area contributed by atoms with Crippen molar-refractivity contribution >= 4 is 6.98 Å². The molecule has 1 fully saturated rings. The average molecular weight is 189 g/mol. The van der Waals surface area contributed by atoms with E-state index < -0.39 is 12.8 Å². The van der Waals surface area contributed by atoms with E-state index in [0.29, 0.717) is 6.42 Å². The summed E-state index contributed by atoms with van der Waals surface area (Å²) in [6.45, 7) is -2.61. The molecule has 13 heavy (non-hydrogen) atoms. The molecule has 0 heterocycles. The third-order valence-electron chi connectivity index (χ3n) is 2.22. The standard InChI is InChI=1S/C9H13BF3/c1-2-3-4-5-6-8-7-9(8)10(11,12)13/h3-6,8-9H,2,7H2,1H3/q-1/b4-3-,6-5+/t8-,9-/m0/s1. The smallest absolute Gasteiger partial charge is 0.449 e. The largest absolute Gasteiger partial charge is 0.481 e. The van der Waals surface area contributed by atoms with Gasteiger partial charge in [-0.2, -0.15) is 0 Å². The second-order valence-corrected chi connectivity index (χ2v) is 3.41. The van der Waals surface area contributed by atoms with Crippen LogP contribution in [-0.2, 0) is 0 Å². The summed E-state index contributed by atoms with van der Waals surface area (Å²) in [4.78, 5) is 0. The highest BCUT2D eigenvalue weighted by Gasteiger charge is 2.49. The zero-order valence-corrected chi connectivity index (χ0v) is 7.59. The van der Waals surface area contributed by atoms with Gasteiger partial charge in [-0.05, 0) is 12.3 Å². The summed E-state index contributed by atoms with van der Waals surface area (Å²) in [6, 6.07) is 0. The molecule has 0 aromatic rings. The fourth-order valence-electron chi connectivity index (χ4n) is 1.31. The van der Waals surface area contributed by atoms with E-state index in [4.69, 9.17) is 0 Å². The first-order valence-corrected chi connectivity index (χ1v) is 4.59. The van der Waals surface area contributed by atoms with Gasteiger partial charge in [0.25, 0.3) is 0 Å². The van der Waals surface area contributed by atoms with Crippen molar-refractivity contribution in [1.82, 2.24) is 0 Å². The fourth-order valence-corrected chi connectivity index (χ4v) is 1.31. The van der Waals surface area contributed by atoms with Crippen LogP contribution in [0.5, 0.6) is 0 Å². The van der Waals surface area contributed by atoms with Gasteiger partial charge >= 0.3 is 6.98 Å². The Kier molecular flexibility index (Phi) is 3.23. The van der Waals surface area contributed by atoms with E-state index >= 15 is 0 Å². The fraction of sp³-hybridized carbons (Fsp3) is 0.556. The van der Waals surface area contributed by atoms with Crippen LogP contribution in [0.25, 0.3) is 0 Å². The SMILES string of the molecule is CC/C=C\C=C\[C@H]1C[C@@H]1[B-](F)(F)F. The number of hydrogen-bond acceptors (Lipinski definition) is 0. The minimum atomic E-state index is -4.60. The summed E-state index contributed by atoms with van der Waals surface area (Å²) in [5.74, 6) is -1.27. The summed E-state index contributed by atoms with van der Waals surface area (Å²) in [5.41, 5.74) is 0. The van der Waals surface area contributed by atoms with Crippen molar-refractivity contribution in [1.29, 1.82) is 0 Å². The van der Waals surface area contributed by atoms with Gasteiger partial charge in [0.1, 0.15) is 0 Å². The lowest BCUT2D eigenvalue weighted by molar-refractivity contribution is 0.462. The molecule has 0 radical (unpaired) electrons. The molecule has 1 saturated carbocycles. The second kappa shape index (κ2) is 4.03. The van der Waals surface area contributed by atoms with Gasteiger partial charge < -0.3 is 12.9 Å². The quantitative estimate of drug-likeness (QED) is 0.466. The summed E-state index contributed by atoms with van der Waals surface area (Å²) in [6.07, 6.45) is 8.31. The third kappa shape index (κ3) is 3.29. The molecule has 0 aromatic heterocycles. The molecule has 0 amide bonds. The summed E-state index contributed by atoms with van der Waals surface area (Å²) in [5, 5.41) is 0. The highest BCUT2D eigenvalue weighted by atomic mass is 19.4. The van der Waals surface area contributed by atoms with Gasteiger partial charge in [0.2, 0.25) is 0 Å². The van der Waals surface area contributed by atoms with Crippen LogP contribution in [-0.4, -0.2) is 6.98 Å². The minimum absolute atomic E-state index is 0.249. The molecule has 0 bridgehead atoms. The molecule has 4 heteroatoms. The summed E-state index contributed by atoms with van der Waals surface area (Å²) >= 11 is 0. The van der Waals surface area contributed by atoms with Gasteiger partial charge in [-0.3, -0.25) is 0 Å². The topological polar surface area (TPSA) is 0 Å². The summed E-state index contributed by atoms with van der Waals surface area (Å²) < 4.78 is 36.2. The van der Waals surface area contributed by atoms with Gasteiger partial charge in [0.05, 0.1) is 0 Å². The number of rotatable bonds is 4. The molecule has 0 unspecified atom stereocenters. The van der Waals surface area contributed by atoms with E-state index in [-0.39, 0.29) is 5.92 Å². The maximum Gasteiger partial charge on any atom is 0.481 e. The van der Waals surface area contributed by atoms with Crippen LogP contribution in [0.3, 0.4) is 0 Å². The highest BCUT2D eigenvalue weighted by Crippen LogP contribution is 2.54. The molecule has 1 aliphatic rings. The molecule has 74 valence electrons. The lowest BCUT2D eigenvalue weighted by Crippen LogP contribution is -2.15. The van der Waals surface area contributed by atoms with Crippen molar-refractivity contribution in [3.05, 3.63) is 24.3 Å². The van der Waals surface area contributed by atoms with Crippen LogP contribution in [0.1, 0.15) is 19.8 Å². The number of hydrogen-bond donors (Lipinski definition) is 0. The van der Waals surface area contributed by atoms with Gasteiger partial charge in [-0.1, -0.05) is 43.5 Å². The van der Waals surface area contributed by atoms with E-state index in [1.54, 1.807) is 18.2 Å². The van der Waals surface area contributed by atoms with Gasteiger partial charge in [0, 0.05) is 0 Å². The van der Waals surface area contributed by atoms with E-state index in [2.05, 4.69) is 0 Å². The molecule has 0 aliphatic heterocycles. The van der Waals surface area contributed by atoms with Gasteiger partial charge in [0.15, 0.2) is 0 Å². The van der Waals surface area contributed by atoms with Crippen LogP contribution in [0.15, 0.2) is 24.3 Å². The van der Waals surface area contributed by atoms with Crippen molar-refractivity contribution in [2.45, 2.75) is 25.6 Å². The molecule has 1 rings (SSSR count). The second-order valence-electron chi connectivity index (χ2n) is 3.41. The first-order valence-electron chi connectivity index (χ1n) is 4.59. The Labute approximate surface area is 76.6 Å². The van der Waals surface area contributed by atoms with Crippen molar-refractivity contribution in [3.63, 3.8) is 0 Å². The molecule has 0 nitrogen and oxygen atoms in total. The monoisotopic (exact) mass is 189 g/mol. The molecular weight excluding hydrogens is 176 g/mol. The average Bonchev–Trinajstić information content (AvgIpc) is 2.76. The van der Waals surface area contributed by atoms with Crippen molar-refractivity contribution in [2.24, 2.45) is 5.92 Å². The third-order valence-corrected chi connectivity index (χ3v) is 2.22. The molecule has 0 aromatic carbocycles. The van der Waals surface area contributed by atoms with E-state index in [9.17, 15) is 12.9 Å². The lowest BCUT2D eigenvalue weighted by Gasteiger charge is -2.11. The highest BCUT2D eigenvalue weighted by molar-refractivity contribution is 6.61. The van der Waals surface area contributed by atoms with Crippen molar-refractivity contribution in [2.75, 3.05) is 0 Å². The zero-order chi connectivity index (χ0) is 9.90. The van der Waals surface area contributed by atoms with Crippen LogP contribution in [0, 0.1) is 5.92 Å². The van der Waals surface area contributed by atoms with Crippen LogP contribution < -0.4 is 0 Å². The Hall–Kier alpha value is -0.665. The van der Waals surface area contributed by atoms with Crippen LogP contribution >= 0.6 is 0 Å². The van der Waals surface area contributed by atoms with Crippen molar-refractivity contribution in [3.8, 4) is 0 Å². The molecular formula is C9H13BF3-. The molecule has 0 N–H and O–H groups in total. The molecule has 0 saturated heterocycles. The first kappa shape index (κ1) is 10.4. The predicted molar refractivity (Wildman–Crippen MR) is 49.5 cm³/mol. The summed E-state index contributed by atoms with van der Waals surface area (Å²) in [7, 11) is 0. The Morgan fingerprint density at radius 2 is 2.00 bits per heavy atom. The zero-order valence-electron chi connectivity index (χ0n) is 7.59. The first-order chi connectivity index (χ1) is 6.05. The Bertz CT molecular complexity index is 217. The van der Waals surface area contributed by atoms with Gasteiger partial charge in [-0.15, -0.1) is 0 Å². The van der Waals surface area contributed by atoms with E-state index in [1.165, 1.54) is 0 Å². The van der Waals surface area contributed by atoms with Crippen molar-refractivity contribution < 1.29 is 12.9 Å². The molecule has 1 aliphatic carbocycles. The van der Waals surface area contributed by atoms with E-state index in [1.807, 2.05) is 13.0 Å². The van der Waals surface area contributed by atoms with Crippen LogP contribution in [0.2, 0.25) is 5.82 Å². The maximum absolute atomic E-state index is 12.1. The predicted octanol–water partition coefficient (Wildman–Crippen LogP) is 3.75.